The number of aromatic nitrogens is 2. The Hall–Kier alpha value is -2.54. The molecule has 0 radical (unpaired) electrons. The lowest BCUT2D eigenvalue weighted by Crippen LogP contribution is -2.60. The molecule has 7 nitrogen and oxygen atoms in total. The van der Waals surface area contributed by atoms with Crippen LogP contribution >= 0.6 is 0 Å². The minimum Gasteiger partial charge on any atom is -0.493 e. The van der Waals surface area contributed by atoms with Gasteiger partial charge in [0.1, 0.15) is 5.75 Å². The fourth-order valence-electron chi connectivity index (χ4n) is 4.98. The largest absolute Gasteiger partial charge is 0.493 e. The molecule has 7 heteroatoms. The minimum absolute atomic E-state index is 0.00943. The van der Waals surface area contributed by atoms with Gasteiger partial charge in [-0.15, -0.1) is 0 Å². The van der Waals surface area contributed by atoms with E-state index in [2.05, 4.69) is 36.2 Å². The van der Waals surface area contributed by atoms with E-state index in [1.807, 2.05) is 48.5 Å². The molecule has 1 saturated heterocycles. The highest BCUT2D eigenvalue weighted by Gasteiger charge is 2.45. The molecule has 0 bridgehead atoms. The van der Waals surface area contributed by atoms with Crippen molar-refractivity contribution in [1.82, 2.24) is 24.9 Å². The highest BCUT2D eigenvalue weighted by atomic mass is 16.5. The van der Waals surface area contributed by atoms with Crippen LogP contribution in [0.5, 0.6) is 5.75 Å². The van der Waals surface area contributed by atoms with Crippen LogP contribution in [0.1, 0.15) is 57.2 Å². The van der Waals surface area contributed by atoms with Crippen molar-refractivity contribution in [3.05, 3.63) is 47.8 Å². The number of carbonyl (C=O) groups excluding carboxylic acids is 1. The molecule has 1 N–H and O–H groups in total. The Morgan fingerprint density at radius 1 is 1.21 bits per heavy atom. The molecule has 1 aromatic carbocycles. The summed E-state index contributed by atoms with van der Waals surface area (Å²) < 4.78 is 7.59. The Morgan fingerprint density at radius 2 is 1.97 bits per heavy atom. The molecule has 1 aromatic heterocycles. The summed E-state index contributed by atoms with van der Waals surface area (Å²) in [5.41, 5.74) is 2.27. The maximum atomic E-state index is 13.4. The molecular weight excluding hydrogens is 414 g/mol. The quantitative estimate of drug-likeness (QED) is 0.651. The lowest BCUT2D eigenvalue weighted by atomic mass is 9.69. The fraction of sp³-hybridized carbons (Fsp3) is 0.615. The summed E-state index contributed by atoms with van der Waals surface area (Å²) in [6, 6.07) is 10.3. The van der Waals surface area contributed by atoms with Crippen LogP contribution in [-0.4, -0.2) is 57.4 Å². The number of likely N-dealkylation sites (tertiary alicyclic amines) is 1. The predicted molar refractivity (Wildman–Crippen MR) is 130 cm³/mol. The zero-order chi connectivity index (χ0) is 23.4. The zero-order valence-electron chi connectivity index (χ0n) is 20.6. The molecule has 2 aliphatic rings. The highest BCUT2D eigenvalue weighted by Crippen LogP contribution is 2.43. The number of piperidine rings is 1. The van der Waals surface area contributed by atoms with E-state index in [1.54, 1.807) is 4.68 Å². The van der Waals surface area contributed by atoms with Crippen molar-refractivity contribution in [3.63, 3.8) is 0 Å². The van der Waals surface area contributed by atoms with E-state index in [9.17, 15) is 4.79 Å². The average Bonchev–Trinajstić information content (AvgIpc) is 3.17. The second-order valence-corrected chi connectivity index (χ2v) is 10.3. The number of carbonyl (C=O) groups is 1. The molecule has 180 valence electrons. The first-order valence-electron chi connectivity index (χ1n) is 12.3. The van der Waals surface area contributed by atoms with Gasteiger partial charge in [0.15, 0.2) is 0 Å². The maximum absolute atomic E-state index is 13.4. The van der Waals surface area contributed by atoms with E-state index in [0.29, 0.717) is 31.2 Å². The first-order valence-corrected chi connectivity index (χ1v) is 12.3. The molecule has 1 saturated carbocycles. The molecule has 1 atom stereocenters. The molecule has 1 spiro atoms. The van der Waals surface area contributed by atoms with E-state index in [-0.39, 0.29) is 12.1 Å². The van der Waals surface area contributed by atoms with Crippen LogP contribution in [0.2, 0.25) is 0 Å². The number of nitrogens with zero attached hydrogens (tertiary/aromatic N) is 4. The van der Waals surface area contributed by atoms with Crippen LogP contribution < -0.4 is 10.1 Å². The number of nitrogens with one attached hydrogen (secondary N) is 1. The van der Waals surface area contributed by atoms with Crippen LogP contribution in [0, 0.1) is 5.92 Å². The third kappa shape index (κ3) is 5.88. The van der Waals surface area contributed by atoms with Gasteiger partial charge in [-0.3, -0.25) is 4.68 Å². The number of benzene rings is 1. The first kappa shape index (κ1) is 23.6. The Kier molecular flexibility index (Phi) is 7.27. The molecule has 1 aliphatic carbocycles. The molecule has 2 heterocycles. The molecule has 33 heavy (non-hydrogen) atoms. The number of hydrogen-bond donors (Lipinski definition) is 1. The van der Waals surface area contributed by atoms with Crippen molar-refractivity contribution in [1.29, 1.82) is 0 Å². The van der Waals surface area contributed by atoms with Gasteiger partial charge in [-0.1, -0.05) is 26.0 Å². The number of ether oxygens (including phenoxy) is 1. The monoisotopic (exact) mass is 453 g/mol. The summed E-state index contributed by atoms with van der Waals surface area (Å²) in [5.74, 6) is 1.35. The molecular formula is C26H39N5O2. The summed E-state index contributed by atoms with van der Waals surface area (Å²) in [4.78, 5) is 17.8. The third-order valence-corrected chi connectivity index (χ3v) is 7.15. The Morgan fingerprint density at radius 3 is 2.58 bits per heavy atom. The second kappa shape index (κ2) is 10.2. The highest BCUT2D eigenvalue weighted by molar-refractivity contribution is 5.74. The normalized spacial score (nSPS) is 20.0. The van der Waals surface area contributed by atoms with E-state index in [1.165, 1.54) is 19.3 Å². The second-order valence-electron chi connectivity index (χ2n) is 10.3. The number of aryl methyl sites for hydroxylation is 1. The number of amides is 2. The molecule has 1 aliphatic heterocycles. The van der Waals surface area contributed by atoms with Crippen molar-refractivity contribution < 1.29 is 9.53 Å². The van der Waals surface area contributed by atoms with Crippen molar-refractivity contribution in [3.8, 4) is 5.75 Å². The van der Waals surface area contributed by atoms with Crippen LogP contribution in [0.4, 0.5) is 4.79 Å². The molecule has 2 fully saturated rings. The van der Waals surface area contributed by atoms with Gasteiger partial charge in [-0.2, -0.15) is 5.10 Å². The number of urea groups is 1. The van der Waals surface area contributed by atoms with Crippen molar-refractivity contribution >= 4 is 6.03 Å². The molecule has 1 unspecified atom stereocenters. The minimum atomic E-state index is -0.00943. The van der Waals surface area contributed by atoms with E-state index in [4.69, 9.17) is 4.74 Å². The average molecular weight is 454 g/mol. The van der Waals surface area contributed by atoms with Crippen molar-refractivity contribution in [2.75, 3.05) is 20.2 Å². The van der Waals surface area contributed by atoms with E-state index >= 15 is 0 Å². The van der Waals surface area contributed by atoms with Crippen molar-refractivity contribution in [2.45, 2.75) is 70.6 Å². The van der Waals surface area contributed by atoms with Gasteiger partial charge in [0.05, 0.1) is 18.8 Å². The Bertz CT molecular complexity index is 919. The van der Waals surface area contributed by atoms with Gasteiger partial charge in [-0.05, 0) is 68.8 Å². The molecule has 2 amide bonds. The lowest BCUT2D eigenvalue weighted by Gasteiger charge is -2.54. The summed E-state index contributed by atoms with van der Waals surface area (Å²) >= 11 is 0. The van der Waals surface area contributed by atoms with Crippen LogP contribution in [0.15, 0.2) is 36.5 Å². The lowest BCUT2D eigenvalue weighted by molar-refractivity contribution is -0.00827. The summed E-state index contributed by atoms with van der Waals surface area (Å²) in [6.07, 6.45) is 7.77. The Labute approximate surface area is 198 Å². The smallest absolute Gasteiger partial charge is 0.318 e. The molecule has 4 rings (SSSR count). The predicted octanol–water partition coefficient (Wildman–Crippen LogP) is 4.18. The van der Waals surface area contributed by atoms with Crippen LogP contribution in [-0.2, 0) is 20.1 Å². The van der Waals surface area contributed by atoms with Crippen molar-refractivity contribution in [2.24, 2.45) is 13.0 Å². The third-order valence-electron chi connectivity index (χ3n) is 7.15. The van der Waals surface area contributed by atoms with Gasteiger partial charge in [0.2, 0.25) is 0 Å². The summed E-state index contributed by atoms with van der Waals surface area (Å²) in [5, 5.41) is 7.86. The van der Waals surface area contributed by atoms with Gasteiger partial charge < -0.3 is 19.9 Å². The van der Waals surface area contributed by atoms with E-state index < -0.39 is 0 Å². The maximum Gasteiger partial charge on any atom is 0.318 e. The zero-order valence-corrected chi connectivity index (χ0v) is 20.6. The standard InChI is InChI=1S/C26H39N5O2/c1-20(2)19-33-24-8-6-21(7-9-24)17-31(18-23-11-15-30(4)28-23)25(32)27-22-10-14-29(3)26(16-22)12-5-13-26/h6-9,11,15,20,22H,5,10,12-14,16-19H2,1-4H3,(H,27,32). The number of rotatable bonds is 8. The summed E-state index contributed by atoms with van der Waals surface area (Å²) in [6.45, 7) is 7.04. The van der Waals surface area contributed by atoms with Gasteiger partial charge >= 0.3 is 6.03 Å². The van der Waals surface area contributed by atoms with Gasteiger partial charge in [0.25, 0.3) is 0 Å². The van der Waals surface area contributed by atoms with Crippen LogP contribution in [0.3, 0.4) is 0 Å². The first-order chi connectivity index (χ1) is 15.8. The topological polar surface area (TPSA) is 62.6 Å². The van der Waals surface area contributed by atoms with Gasteiger partial charge in [-0.25, -0.2) is 4.79 Å². The van der Waals surface area contributed by atoms with E-state index in [0.717, 1.165) is 36.4 Å². The molecule has 2 aromatic rings. The van der Waals surface area contributed by atoms with Crippen LogP contribution in [0.25, 0.3) is 0 Å². The Balaban J connectivity index is 1.42. The summed E-state index contributed by atoms with van der Waals surface area (Å²) in [7, 11) is 4.14. The fourth-order valence-corrected chi connectivity index (χ4v) is 4.98. The SMILES string of the molecule is CC(C)COc1ccc(CN(Cc2ccn(C)n2)C(=O)NC2CCN(C)C3(CCC3)C2)cc1. The number of hydrogen-bond acceptors (Lipinski definition) is 4. The van der Waals surface area contributed by atoms with Gasteiger partial charge in [0, 0.05) is 37.9 Å².